The van der Waals surface area contributed by atoms with Crippen molar-refractivity contribution in [3.63, 3.8) is 0 Å². The minimum absolute atomic E-state index is 1.15. The summed E-state index contributed by atoms with van der Waals surface area (Å²) in [4.78, 5) is 0. The van der Waals surface area contributed by atoms with Crippen LogP contribution in [0, 0.1) is 27.7 Å². The highest BCUT2D eigenvalue weighted by molar-refractivity contribution is 7.19. The standard InChI is InChI=1S/C64H49N3Si/c1-42-23-29-59-53(35-42)54-36-43(2)24-30-60(54)66(59)47-27-33-63-57(40-47)58-41-48(67-61-31-25-44(3)37-55(61)56-38-45(4)26-32-62(56)67)28-34-64(58)65(63)46-15-14-22-52(39-46)68(49-16-8-5-9-17-49,50-18-10-6-11-19-50)51-20-12-7-13-21-51/h5-41H,1-4H3. The minimum atomic E-state index is -2.81. The zero-order chi connectivity index (χ0) is 45.7. The molecule has 3 heterocycles. The Hall–Kier alpha value is -8.18. The van der Waals surface area contributed by atoms with Crippen molar-refractivity contribution in [2.24, 2.45) is 0 Å². The lowest BCUT2D eigenvalue weighted by Crippen LogP contribution is -2.74. The first-order chi connectivity index (χ1) is 33.3. The number of benzene rings is 10. The smallest absolute Gasteiger partial charge is 0.179 e. The first kappa shape index (κ1) is 40.1. The fourth-order valence-corrected chi connectivity index (χ4v) is 16.3. The molecule has 0 amide bonds. The van der Waals surface area contributed by atoms with Crippen LogP contribution in [0.25, 0.3) is 82.5 Å². The molecule has 0 unspecified atom stereocenters. The largest absolute Gasteiger partial charge is 0.309 e. The van der Waals surface area contributed by atoms with Gasteiger partial charge in [-0.2, -0.15) is 0 Å². The van der Waals surface area contributed by atoms with Gasteiger partial charge >= 0.3 is 0 Å². The number of hydrogen-bond donors (Lipinski definition) is 0. The van der Waals surface area contributed by atoms with Gasteiger partial charge in [0.25, 0.3) is 0 Å². The third-order valence-corrected chi connectivity index (χ3v) is 19.3. The molecule has 13 aromatic rings. The van der Waals surface area contributed by atoms with Gasteiger partial charge < -0.3 is 13.7 Å². The van der Waals surface area contributed by atoms with E-state index < -0.39 is 8.07 Å². The molecule has 0 aliphatic carbocycles. The Morgan fingerprint density at radius 3 is 0.853 bits per heavy atom. The average molecular weight is 888 g/mol. The van der Waals surface area contributed by atoms with Gasteiger partial charge in [0, 0.05) is 49.4 Å². The van der Waals surface area contributed by atoms with Crippen LogP contribution in [0.2, 0.25) is 0 Å². The molecule has 0 saturated heterocycles. The fraction of sp³-hybridized carbons (Fsp3) is 0.0625. The Balaban J connectivity index is 1.11. The van der Waals surface area contributed by atoms with Crippen molar-refractivity contribution in [2.45, 2.75) is 27.7 Å². The van der Waals surface area contributed by atoms with E-state index in [1.165, 1.54) is 108 Å². The summed E-state index contributed by atoms with van der Waals surface area (Å²) in [5, 5.41) is 13.0. The predicted octanol–water partition coefficient (Wildman–Crippen LogP) is 13.6. The van der Waals surface area contributed by atoms with E-state index in [0.717, 1.165) is 17.1 Å². The lowest BCUT2D eigenvalue weighted by molar-refractivity contribution is 1.16. The van der Waals surface area contributed by atoms with Gasteiger partial charge in [-0.3, -0.25) is 0 Å². The maximum absolute atomic E-state index is 2.81. The van der Waals surface area contributed by atoms with E-state index in [0.29, 0.717) is 0 Å². The number of hydrogen-bond acceptors (Lipinski definition) is 0. The normalized spacial score (nSPS) is 12.1. The molecule has 0 fully saturated rings. The second-order valence-corrected chi connectivity index (χ2v) is 22.7. The summed E-state index contributed by atoms with van der Waals surface area (Å²) in [6.07, 6.45) is 0. The summed E-state index contributed by atoms with van der Waals surface area (Å²) >= 11 is 0. The first-order valence-corrected chi connectivity index (χ1v) is 25.7. The molecule has 0 aliphatic heterocycles. The van der Waals surface area contributed by atoms with Crippen LogP contribution in [-0.2, 0) is 0 Å². The van der Waals surface area contributed by atoms with Crippen LogP contribution in [-0.4, -0.2) is 21.8 Å². The average Bonchev–Trinajstić information content (AvgIpc) is 3.99. The van der Waals surface area contributed by atoms with Crippen LogP contribution >= 0.6 is 0 Å². The molecule has 0 N–H and O–H groups in total. The number of aryl methyl sites for hydroxylation is 4. The van der Waals surface area contributed by atoms with E-state index in [1.807, 2.05) is 0 Å². The van der Waals surface area contributed by atoms with E-state index in [-0.39, 0.29) is 0 Å². The van der Waals surface area contributed by atoms with E-state index in [2.05, 4.69) is 266 Å². The van der Waals surface area contributed by atoms with Gasteiger partial charge in [-0.15, -0.1) is 0 Å². The highest BCUT2D eigenvalue weighted by Crippen LogP contribution is 2.40. The van der Waals surface area contributed by atoms with Crippen LogP contribution in [0.15, 0.2) is 224 Å². The molecule has 10 aromatic carbocycles. The van der Waals surface area contributed by atoms with Crippen LogP contribution in [0.5, 0.6) is 0 Å². The summed E-state index contributed by atoms with van der Waals surface area (Å²) in [7, 11) is -2.81. The van der Waals surface area contributed by atoms with Gasteiger partial charge in [-0.25, -0.2) is 0 Å². The summed E-state index contributed by atoms with van der Waals surface area (Å²) in [5.41, 5.74) is 15.7. The summed E-state index contributed by atoms with van der Waals surface area (Å²) in [6, 6.07) is 84.9. The second kappa shape index (κ2) is 15.4. The highest BCUT2D eigenvalue weighted by atomic mass is 28.3. The summed E-state index contributed by atoms with van der Waals surface area (Å²) in [6.45, 7) is 8.77. The molecule has 0 atom stereocenters. The van der Waals surface area contributed by atoms with Gasteiger partial charge in [-0.05, 0) is 146 Å². The molecule has 3 aromatic heterocycles. The van der Waals surface area contributed by atoms with Crippen molar-refractivity contribution in [1.29, 1.82) is 0 Å². The quantitative estimate of drug-likeness (QED) is 0.112. The molecule has 0 radical (unpaired) electrons. The summed E-state index contributed by atoms with van der Waals surface area (Å²) in [5.74, 6) is 0. The van der Waals surface area contributed by atoms with Crippen molar-refractivity contribution in [3.8, 4) is 17.1 Å². The monoisotopic (exact) mass is 887 g/mol. The predicted molar refractivity (Wildman–Crippen MR) is 292 cm³/mol. The third-order valence-electron chi connectivity index (χ3n) is 14.6. The number of nitrogens with zero attached hydrogens (tertiary/aromatic N) is 3. The Morgan fingerprint density at radius 1 is 0.235 bits per heavy atom. The first-order valence-electron chi connectivity index (χ1n) is 23.7. The van der Waals surface area contributed by atoms with Gasteiger partial charge in [0.2, 0.25) is 0 Å². The zero-order valence-electron chi connectivity index (χ0n) is 38.7. The number of rotatable bonds is 7. The molecule has 0 bridgehead atoms. The minimum Gasteiger partial charge on any atom is -0.309 e. The third kappa shape index (κ3) is 6.04. The van der Waals surface area contributed by atoms with Gasteiger partial charge in [-0.1, -0.05) is 150 Å². The molecule has 68 heavy (non-hydrogen) atoms. The molecular formula is C64H49N3Si. The van der Waals surface area contributed by atoms with Crippen LogP contribution < -0.4 is 20.7 Å². The maximum atomic E-state index is 2.51. The van der Waals surface area contributed by atoms with Gasteiger partial charge in [0.1, 0.15) is 0 Å². The van der Waals surface area contributed by atoms with Crippen LogP contribution in [0.3, 0.4) is 0 Å². The van der Waals surface area contributed by atoms with Gasteiger partial charge in [0.15, 0.2) is 8.07 Å². The van der Waals surface area contributed by atoms with E-state index in [1.54, 1.807) is 0 Å². The lowest BCUT2D eigenvalue weighted by Gasteiger charge is -2.34. The molecule has 0 saturated carbocycles. The van der Waals surface area contributed by atoms with E-state index in [9.17, 15) is 0 Å². The number of fused-ring (bicyclic) bond motifs is 9. The van der Waals surface area contributed by atoms with Crippen LogP contribution in [0.1, 0.15) is 22.3 Å². The number of aromatic nitrogens is 3. The molecule has 13 rings (SSSR count). The van der Waals surface area contributed by atoms with Crippen molar-refractivity contribution in [3.05, 3.63) is 247 Å². The highest BCUT2D eigenvalue weighted by Gasteiger charge is 2.41. The van der Waals surface area contributed by atoms with E-state index in [4.69, 9.17) is 0 Å². The summed E-state index contributed by atoms with van der Waals surface area (Å²) < 4.78 is 7.45. The molecule has 4 heteroatoms. The van der Waals surface area contributed by atoms with Crippen LogP contribution in [0.4, 0.5) is 0 Å². The SMILES string of the molecule is Cc1ccc2c(c1)c1cc(C)ccc1n2-c1ccc2c(c1)c1cc(-n3c4ccc(C)cc4c4cc(C)ccc43)ccc1n2-c1cccc([Si](c2ccccc2)(c2ccccc2)c2ccccc2)c1. The fourth-order valence-electron chi connectivity index (χ4n) is 11.6. The maximum Gasteiger partial charge on any atom is 0.179 e. The second-order valence-electron chi connectivity index (χ2n) is 18.9. The Bertz CT molecular complexity index is 3720. The molecule has 0 aliphatic rings. The molecule has 3 nitrogen and oxygen atoms in total. The Morgan fingerprint density at radius 2 is 0.515 bits per heavy atom. The molecule has 324 valence electrons. The Labute approximate surface area is 397 Å². The molecular weight excluding hydrogens is 839 g/mol. The lowest BCUT2D eigenvalue weighted by atomic mass is 10.1. The molecule has 0 spiro atoms. The zero-order valence-corrected chi connectivity index (χ0v) is 39.7. The van der Waals surface area contributed by atoms with Crippen molar-refractivity contribution < 1.29 is 0 Å². The van der Waals surface area contributed by atoms with Crippen molar-refractivity contribution in [2.75, 3.05) is 0 Å². The van der Waals surface area contributed by atoms with E-state index >= 15 is 0 Å². The topological polar surface area (TPSA) is 14.8 Å². The van der Waals surface area contributed by atoms with Crippen molar-refractivity contribution in [1.82, 2.24) is 13.7 Å². The van der Waals surface area contributed by atoms with Crippen molar-refractivity contribution >= 4 is 94.2 Å². The van der Waals surface area contributed by atoms with Gasteiger partial charge in [0.05, 0.1) is 33.1 Å². The Kier molecular flexibility index (Phi) is 9.11.